The van der Waals surface area contributed by atoms with Gasteiger partial charge in [0.15, 0.2) is 11.5 Å². The zero-order chi connectivity index (χ0) is 17.5. The maximum atomic E-state index is 12.6. The molecule has 5 nitrogen and oxygen atoms in total. The number of hydrogen-bond donors (Lipinski definition) is 2. The Balaban J connectivity index is 1.54. The van der Waals surface area contributed by atoms with Crippen LogP contribution in [-0.4, -0.2) is 23.7 Å². The van der Waals surface area contributed by atoms with Crippen molar-refractivity contribution in [2.75, 3.05) is 6.79 Å². The second-order valence-corrected chi connectivity index (χ2v) is 7.00. The number of H-pyrrole nitrogens is 1. The van der Waals surface area contributed by atoms with Crippen molar-refractivity contribution in [1.29, 1.82) is 0 Å². The first-order chi connectivity index (χ1) is 12.8. The van der Waals surface area contributed by atoms with Crippen molar-refractivity contribution in [1.82, 2.24) is 10.3 Å². The number of amides is 1. The van der Waals surface area contributed by atoms with Crippen LogP contribution in [-0.2, 0) is 4.79 Å². The molecule has 0 spiro atoms. The quantitative estimate of drug-likeness (QED) is 0.739. The summed E-state index contributed by atoms with van der Waals surface area (Å²) in [4.78, 5) is 15.9. The minimum absolute atomic E-state index is 0.0422. The van der Waals surface area contributed by atoms with Crippen molar-refractivity contribution in [2.45, 2.75) is 31.2 Å². The highest BCUT2D eigenvalue weighted by molar-refractivity contribution is 5.86. The number of hydrogen-bond acceptors (Lipinski definition) is 3. The number of aromatic nitrogens is 1. The molecule has 3 aromatic rings. The second-order valence-electron chi connectivity index (χ2n) is 7.00. The first kappa shape index (κ1) is 15.3. The highest BCUT2D eigenvalue weighted by atomic mass is 16.7. The van der Waals surface area contributed by atoms with Crippen molar-refractivity contribution in [3.05, 3.63) is 59.8 Å². The summed E-state index contributed by atoms with van der Waals surface area (Å²) in [6, 6.07) is 14.5. The average Bonchev–Trinajstić information content (AvgIpc) is 3.19. The third kappa shape index (κ3) is 2.79. The summed E-state index contributed by atoms with van der Waals surface area (Å²) in [5.41, 5.74) is 3.27. The number of carbonyl (C=O) groups is 1. The van der Waals surface area contributed by atoms with E-state index < -0.39 is 0 Å². The molecule has 132 valence electrons. The van der Waals surface area contributed by atoms with Crippen molar-refractivity contribution in [3.63, 3.8) is 0 Å². The normalized spacial score (nSPS) is 16.6. The number of aromatic amines is 1. The fourth-order valence-electron chi connectivity index (χ4n) is 3.62. The molecule has 0 radical (unpaired) electrons. The molecule has 1 aromatic heterocycles. The number of rotatable bonds is 5. The van der Waals surface area contributed by atoms with Crippen LogP contribution in [0.2, 0.25) is 0 Å². The molecule has 0 saturated heterocycles. The number of nitrogens with one attached hydrogen (secondary N) is 2. The van der Waals surface area contributed by atoms with Gasteiger partial charge in [0.25, 0.3) is 0 Å². The Hall–Kier alpha value is -2.95. The topological polar surface area (TPSA) is 63.4 Å². The summed E-state index contributed by atoms with van der Waals surface area (Å²) in [5.74, 6) is 1.56. The van der Waals surface area contributed by atoms with Crippen LogP contribution in [0.4, 0.5) is 0 Å². The second kappa shape index (κ2) is 6.09. The lowest BCUT2D eigenvalue weighted by molar-refractivity contribution is -0.121. The first-order valence-electron chi connectivity index (χ1n) is 9.03. The Bertz CT molecular complexity index is 974. The summed E-state index contributed by atoms with van der Waals surface area (Å²) in [6.07, 6.45) is 4.61. The van der Waals surface area contributed by atoms with Gasteiger partial charge in [-0.3, -0.25) is 4.79 Å². The molecule has 0 bridgehead atoms. The van der Waals surface area contributed by atoms with Gasteiger partial charge in [0.2, 0.25) is 12.7 Å². The van der Waals surface area contributed by atoms with Gasteiger partial charge in [-0.05, 0) is 42.2 Å². The maximum absolute atomic E-state index is 12.6. The predicted octanol–water partition coefficient (Wildman–Crippen LogP) is 3.70. The largest absolute Gasteiger partial charge is 0.454 e. The average molecular weight is 348 g/mol. The van der Waals surface area contributed by atoms with Crippen molar-refractivity contribution < 1.29 is 14.3 Å². The lowest BCUT2D eigenvalue weighted by Gasteiger charge is -2.17. The van der Waals surface area contributed by atoms with Gasteiger partial charge < -0.3 is 19.8 Å². The van der Waals surface area contributed by atoms with Crippen molar-refractivity contribution >= 4 is 16.8 Å². The summed E-state index contributed by atoms with van der Waals surface area (Å²) < 4.78 is 11.0. The summed E-state index contributed by atoms with van der Waals surface area (Å²) in [6.45, 7) is 0.249. The van der Waals surface area contributed by atoms with Gasteiger partial charge in [-0.2, -0.15) is 0 Å². The molecule has 1 saturated carbocycles. The van der Waals surface area contributed by atoms with Crippen LogP contribution < -0.4 is 14.8 Å². The molecular formula is C21H20N2O3. The molecule has 2 aromatic carbocycles. The van der Waals surface area contributed by atoms with Crippen molar-refractivity contribution in [3.8, 4) is 11.5 Å². The fourth-order valence-corrected chi connectivity index (χ4v) is 3.62. The molecule has 1 atom stereocenters. The van der Waals surface area contributed by atoms with E-state index in [1.807, 2.05) is 36.5 Å². The highest BCUT2D eigenvalue weighted by Gasteiger charge is 2.27. The van der Waals surface area contributed by atoms with Gasteiger partial charge in [0.1, 0.15) is 0 Å². The minimum atomic E-state index is -0.0422. The fraction of sp³-hybridized carbons (Fsp3) is 0.286. The summed E-state index contributed by atoms with van der Waals surface area (Å²) >= 11 is 0. The van der Waals surface area contributed by atoms with E-state index >= 15 is 0 Å². The van der Waals surface area contributed by atoms with Gasteiger partial charge >= 0.3 is 0 Å². The molecule has 2 heterocycles. The van der Waals surface area contributed by atoms with Crippen LogP contribution in [0.5, 0.6) is 11.5 Å². The monoisotopic (exact) mass is 348 g/mol. The molecule has 5 heteroatoms. The molecule has 1 aliphatic heterocycles. The smallest absolute Gasteiger partial charge is 0.231 e. The molecule has 26 heavy (non-hydrogen) atoms. The van der Waals surface area contributed by atoms with E-state index in [9.17, 15) is 4.79 Å². The van der Waals surface area contributed by atoms with Crippen LogP contribution in [0.15, 0.2) is 48.7 Å². The van der Waals surface area contributed by atoms with E-state index in [4.69, 9.17) is 9.47 Å². The lowest BCUT2D eigenvalue weighted by atomic mass is 9.87. The van der Waals surface area contributed by atoms with Crippen LogP contribution in [0.3, 0.4) is 0 Å². The van der Waals surface area contributed by atoms with E-state index in [1.54, 1.807) is 0 Å². The summed E-state index contributed by atoms with van der Waals surface area (Å²) in [5, 5.41) is 4.26. The van der Waals surface area contributed by atoms with E-state index in [0.29, 0.717) is 12.5 Å². The zero-order valence-electron chi connectivity index (χ0n) is 14.3. The number of carbonyl (C=O) groups excluding carboxylic acids is 1. The molecule has 2 N–H and O–H groups in total. The Labute approximate surface area is 151 Å². The minimum Gasteiger partial charge on any atom is -0.454 e. The van der Waals surface area contributed by atoms with E-state index in [-0.39, 0.29) is 18.6 Å². The van der Waals surface area contributed by atoms with Crippen molar-refractivity contribution in [2.24, 2.45) is 0 Å². The van der Waals surface area contributed by atoms with Gasteiger partial charge in [-0.25, -0.2) is 0 Å². The van der Waals surface area contributed by atoms with Crippen LogP contribution in [0.1, 0.15) is 36.3 Å². The third-order valence-electron chi connectivity index (χ3n) is 5.13. The Morgan fingerprint density at radius 3 is 2.88 bits per heavy atom. The van der Waals surface area contributed by atoms with Gasteiger partial charge in [-0.15, -0.1) is 0 Å². The number of ether oxygens (including phenoxy) is 2. The Morgan fingerprint density at radius 2 is 2.00 bits per heavy atom. The Morgan fingerprint density at radius 1 is 1.15 bits per heavy atom. The molecule has 5 rings (SSSR count). The van der Waals surface area contributed by atoms with Gasteiger partial charge in [-0.1, -0.05) is 24.3 Å². The number of fused-ring (bicyclic) bond motifs is 2. The lowest BCUT2D eigenvalue weighted by Crippen LogP contribution is -2.27. The Kier molecular flexibility index (Phi) is 3.59. The maximum Gasteiger partial charge on any atom is 0.231 e. The molecule has 1 unspecified atom stereocenters. The highest BCUT2D eigenvalue weighted by Crippen LogP contribution is 2.39. The van der Waals surface area contributed by atoms with E-state index in [1.165, 1.54) is 0 Å². The first-order valence-corrected chi connectivity index (χ1v) is 9.03. The molecule has 1 aliphatic carbocycles. The molecule has 2 aliphatic rings. The predicted molar refractivity (Wildman–Crippen MR) is 98.5 cm³/mol. The van der Waals surface area contributed by atoms with E-state index in [0.717, 1.165) is 46.4 Å². The van der Waals surface area contributed by atoms with Crippen LogP contribution >= 0.6 is 0 Å². The van der Waals surface area contributed by atoms with Crippen LogP contribution in [0.25, 0.3) is 10.9 Å². The number of benzene rings is 2. The summed E-state index contributed by atoms with van der Waals surface area (Å²) in [7, 11) is 0. The van der Waals surface area contributed by atoms with E-state index in [2.05, 4.69) is 22.4 Å². The third-order valence-corrected chi connectivity index (χ3v) is 5.13. The van der Waals surface area contributed by atoms with Gasteiger partial charge in [0.05, 0.1) is 0 Å². The molecule has 1 fully saturated rings. The zero-order valence-corrected chi connectivity index (χ0v) is 14.3. The molecular weight excluding hydrogens is 328 g/mol. The standard InChI is InChI=1S/C21H20N2O3/c24-21(23-14-6-7-14)10-16(13-5-8-19-20(9-13)26-12-25-19)17-11-22-18-4-2-1-3-15(17)18/h1-5,8-9,11,14,16,22H,6-7,10,12H2,(H,23,24). The van der Waals surface area contributed by atoms with Crippen LogP contribution in [0, 0.1) is 0 Å². The van der Waals surface area contributed by atoms with Gasteiger partial charge in [0, 0.05) is 35.5 Å². The molecule has 1 amide bonds. The SMILES string of the molecule is O=C(CC(c1ccc2c(c1)OCO2)c1c[nH]c2ccccc12)NC1CC1. The number of para-hydroxylation sites is 1.